The Balaban J connectivity index is 2.05. The van der Waals surface area contributed by atoms with E-state index < -0.39 is 0 Å². The van der Waals surface area contributed by atoms with Gasteiger partial charge < -0.3 is 0 Å². The third-order valence-corrected chi connectivity index (χ3v) is 10.7. The van der Waals surface area contributed by atoms with Crippen LogP contribution in [-0.2, 0) is 10.6 Å². The zero-order valence-corrected chi connectivity index (χ0v) is 16.7. The third-order valence-electron chi connectivity index (χ3n) is 6.44. The third kappa shape index (κ3) is 1.84. The van der Waals surface area contributed by atoms with Gasteiger partial charge in [0.1, 0.15) is 0 Å². The first-order chi connectivity index (χ1) is 11.2. The molecule has 1 aliphatic carbocycles. The van der Waals surface area contributed by atoms with Crippen molar-refractivity contribution in [3.63, 3.8) is 0 Å². The lowest BCUT2D eigenvalue weighted by molar-refractivity contribution is 0.611. The summed E-state index contributed by atoms with van der Waals surface area (Å²) in [6, 6.07) is 20.6. The summed E-state index contributed by atoms with van der Waals surface area (Å²) >= 11 is 0. The minimum atomic E-state index is -0.184. The average molecular weight is 336 g/mol. The minimum Gasteiger partial charge on any atom is -0.0834 e. The van der Waals surface area contributed by atoms with Crippen LogP contribution in [0, 0.1) is 0 Å². The Kier molecular flexibility index (Phi) is 3.22. The molecule has 0 N–H and O–H groups in total. The Morgan fingerprint density at radius 3 is 1.92 bits per heavy atom. The smallest absolute Gasteiger partial charge is 0.0308 e. The predicted octanol–water partition coefficient (Wildman–Crippen LogP) is 6.66. The number of hydrogen-bond donors (Lipinski definition) is 0. The molecule has 1 heterocycles. The van der Waals surface area contributed by atoms with Gasteiger partial charge in [-0.2, -0.15) is 0 Å². The van der Waals surface area contributed by atoms with Gasteiger partial charge in [-0.15, -0.1) is 0 Å². The first kappa shape index (κ1) is 16.3. The molecule has 0 bridgehead atoms. The maximum absolute atomic E-state index is 2.58. The van der Waals surface area contributed by atoms with Gasteiger partial charge in [-0.1, -0.05) is 104 Å². The van der Waals surface area contributed by atoms with E-state index in [2.05, 4.69) is 96.1 Å². The summed E-state index contributed by atoms with van der Waals surface area (Å²) in [5.41, 5.74) is 4.92. The van der Waals surface area contributed by atoms with Crippen LogP contribution in [0.4, 0.5) is 0 Å². The first-order valence-electron chi connectivity index (χ1n) is 9.12. The fraction of sp³-hybridized carbons (Fsp3) is 0.478. The molecule has 0 nitrogen and oxygen atoms in total. The van der Waals surface area contributed by atoms with Crippen LogP contribution < -0.4 is 0 Å². The van der Waals surface area contributed by atoms with Gasteiger partial charge in [0.05, 0.1) is 0 Å². The lowest BCUT2D eigenvalue weighted by Gasteiger charge is -2.54. The van der Waals surface area contributed by atoms with Crippen LogP contribution in [0.25, 0.3) is 0 Å². The Morgan fingerprint density at radius 2 is 1.33 bits per heavy atom. The molecule has 0 radical (unpaired) electrons. The van der Waals surface area contributed by atoms with Crippen LogP contribution in [0.5, 0.6) is 0 Å². The van der Waals surface area contributed by atoms with Crippen molar-refractivity contribution < 1.29 is 0 Å². The summed E-state index contributed by atoms with van der Waals surface area (Å²) in [6.45, 7) is 15.0. The van der Waals surface area contributed by atoms with Gasteiger partial charge >= 0.3 is 0 Å². The Bertz CT molecular complexity index is 783. The Hall–Kier alpha value is -1.13. The number of rotatable bonds is 1. The largest absolute Gasteiger partial charge is 0.0834 e. The molecule has 1 aliphatic heterocycles. The zero-order valence-electron chi connectivity index (χ0n) is 15.9. The van der Waals surface area contributed by atoms with Crippen molar-refractivity contribution in [2.45, 2.75) is 68.8 Å². The quantitative estimate of drug-likeness (QED) is 0.510. The fourth-order valence-electron chi connectivity index (χ4n) is 6.12. The second kappa shape index (κ2) is 4.73. The highest BCUT2D eigenvalue weighted by Gasteiger charge is 2.75. The molecule has 3 atom stereocenters. The maximum atomic E-state index is 2.58. The van der Waals surface area contributed by atoms with E-state index in [4.69, 9.17) is 0 Å². The van der Waals surface area contributed by atoms with Crippen LogP contribution in [0.2, 0.25) is 0 Å². The topological polar surface area (TPSA) is 0 Å². The van der Waals surface area contributed by atoms with E-state index in [-0.39, 0.29) is 18.5 Å². The maximum Gasteiger partial charge on any atom is 0.0308 e. The minimum absolute atomic E-state index is 0.184. The van der Waals surface area contributed by atoms with Gasteiger partial charge in [-0.25, -0.2) is 0 Å². The van der Waals surface area contributed by atoms with Gasteiger partial charge in [0, 0.05) is 15.7 Å². The molecule has 0 saturated heterocycles. The molecule has 2 aromatic carbocycles. The van der Waals surface area contributed by atoms with Gasteiger partial charge in [-0.3, -0.25) is 0 Å². The van der Waals surface area contributed by atoms with Gasteiger partial charge in [-0.05, 0) is 28.3 Å². The molecule has 1 fully saturated rings. The van der Waals surface area contributed by atoms with E-state index in [9.17, 15) is 0 Å². The van der Waals surface area contributed by atoms with Gasteiger partial charge in [0.15, 0.2) is 0 Å². The first-order valence-corrected chi connectivity index (χ1v) is 10.5. The van der Waals surface area contributed by atoms with Crippen LogP contribution in [0.1, 0.15) is 64.7 Å². The normalized spacial score (nSPS) is 33.5. The Morgan fingerprint density at radius 1 is 0.792 bits per heavy atom. The van der Waals surface area contributed by atoms with E-state index in [1.54, 1.807) is 11.1 Å². The van der Waals surface area contributed by atoms with E-state index in [0.717, 1.165) is 0 Å². The van der Waals surface area contributed by atoms with Gasteiger partial charge in [0.2, 0.25) is 0 Å². The monoisotopic (exact) mass is 336 g/mol. The second-order valence-corrected chi connectivity index (χ2v) is 13.5. The number of benzene rings is 2. The summed E-state index contributed by atoms with van der Waals surface area (Å²) in [7, 11) is -0.184. The van der Waals surface area contributed by atoms with Gasteiger partial charge in [0.25, 0.3) is 0 Å². The highest BCUT2D eigenvalue weighted by Crippen LogP contribution is 2.88. The van der Waals surface area contributed by atoms with Crippen molar-refractivity contribution in [2.75, 3.05) is 0 Å². The van der Waals surface area contributed by atoms with E-state index >= 15 is 0 Å². The van der Waals surface area contributed by atoms with Crippen molar-refractivity contribution in [1.82, 2.24) is 0 Å². The van der Waals surface area contributed by atoms with E-state index in [1.807, 2.05) is 0 Å². The molecular weight excluding hydrogens is 307 g/mol. The van der Waals surface area contributed by atoms with Crippen LogP contribution in [0.3, 0.4) is 0 Å². The molecule has 1 saturated carbocycles. The molecule has 24 heavy (non-hydrogen) atoms. The van der Waals surface area contributed by atoms with Crippen molar-refractivity contribution in [3.05, 3.63) is 71.3 Å². The average Bonchev–Trinajstić information content (AvgIpc) is 3.14. The van der Waals surface area contributed by atoms with E-state index in [1.165, 1.54) is 12.0 Å². The van der Waals surface area contributed by atoms with Crippen LogP contribution in [-0.4, -0.2) is 10.3 Å². The fourth-order valence-corrected chi connectivity index (χ4v) is 12.0. The standard InChI is InChI=1S/C23H29P/c1-20(2,3)24-21(4,5)18-14-10-11-15-19(18)23(16-22(23,24)6)17-12-8-7-9-13-17/h7-15H,16H2,1-6H3. The van der Waals surface area contributed by atoms with E-state index in [0.29, 0.717) is 10.3 Å². The Labute approximate surface area is 148 Å². The van der Waals surface area contributed by atoms with Crippen LogP contribution >= 0.6 is 7.92 Å². The van der Waals surface area contributed by atoms with Crippen molar-refractivity contribution in [3.8, 4) is 0 Å². The lowest BCUT2D eigenvalue weighted by Crippen LogP contribution is -2.41. The molecule has 3 unspecified atom stereocenters. The second-order valence-electron chi connectivity index (χ2n) is 9.33. The molecule has 2 aliphatic rings. The van der Waals surface area contributed by atoms with Crippen LogP contribution in [0.15, 0.2) is 54.6 Å². The molecule has 126 valence electrons. The lowest BCUT2D eigenvalue weighted by atomic mass is 9.79. The van der Waals surface area contributed by atoms with Crippen molar-refractivity contribution in [1.29, 1.82) is 0 Å². The summed E-state index contributed by atoms with van der Waals surface area (Å²) < 4.78 is 0. The molecule has 0 amide bonds. The highest BCUT2D eigenvalue weighted by atomic mass is 31.1. The zero-order chi connectivity index (χ0) is 17.4. The summed E-state index contributed by atoms with van der Waals surface area (Å²) in [5, 5.41) is 0.991. The molecule has 2 aromatic rings. The number of fused-ring (bicyclic) bond motifs is 3. The summed E-state index contributed by atoms with van der Waals surface area (Å²) in [4.78, 5) is 0. The SMILES string of the molecule is CC(C)(C)P1C(C)(C)c2ccccc2C2(c3ccccc3)CC12C. The molecule has 4 rings (SSSR count). The summed E-state index contributed by atoms with van der Waals surface area (Å²) in [5.74, 6) is 0. The molecular formula is C23H29P. The molecule has 0 aromatic heterocycles. The molecule has 0 spiro atoms. The highest BCUT2D eigenvalue weighted by molar-refractivity contribution is 7.62. The van der Waals surface area contributed by atoms with Crippen molar-refractivity contribution in [2.24, 2.45) is 0 Å². The number of hydrogen-bond acceptors (Lipinski definition) is 0. The van der Waals surface area contributed by atoms with Crippen molar-refractivity contribution >= 4 is 7.92 Å². The molecule has 1 heteroatoms. The predicted molar refractivity (Wildman–Crippen MR) is 106 cm³/mol. The summed E-state index contributed by atoms with van der Waals surface area (Å²) in [6.07, 6.45) is 1.30.